The molecule has 0 spiro atoms. The van der Waals surface area contributed by atoms with Gasteiger partial charge in [0.05, 0.1) is 18.2 Å². The average Bonchev–Trinajstić information content (AvgIpc) is 3.12. The van der Waals surface area contributed by atoms with Crippen LogP contribution in [0.1, 0.15) is 10.4 Å². The molecular formula is C17H16ClN5O2. The van der Waals surface area contributed by atoms with Crippen molar-refractivity contribution in [3.05, 3.63) is 53.9 Å². The lowest BCUT2D eigenvalue weighted by molar-refractivity contribution is 0.0996. The van der Waals surface area contributed by atoms with Gasteiger partial charge in [-0.2, -0.15) is 4.99 Å². The second-order valence-electron chi connectivity index (χ2n) is 5.38. The number of carbonyl (C=O) groups excluding carboxylic acids is 1. The summed E-state index contributed by atoms with van der Waals surface area (Å²) >= 11 is 0. The van der Waals surface area contributed by atoms with Crippen LogP contribution in [0.5, 0.6) is 5.75 Å². The van der Waals surface area contributed by atoms with E-state index in [0.717, 1.165) is 29.0 Å². The first-order valence-electron chi connectivity index (χ1n) is 7.58. The van der Waals surface area contributed by atoms with Crippen molar-refractivity contribution >= 4 is 35.0 Å². The standard InChI is InChI=1S/C17H15N5O2.ClH/c1-24-12-4-5-14-13(9-12)15-19-7-8-22(15)17(20-14)21-16(23)11-3-2-6-18-10-11;/h2-6,9-10,19H,7-8H2,1H3;1H. The average molecular weight is 358 g/mol. The van der Waals surface area contributed by atoms with Crippen molar-refractivity contribution in [1.82, 2.24) is 14.5 Å². The molecule has 0 radical (unpaired) electrons. The zero-order valence-corrected chi connectivity index (χ0v) is 14.3. The molecule has 0 saturated heterocycles. The highest BCUT2D eigenvalue weighted by atomic mass is 35.5. The number of pyridine rings is 1. The van der Waals surface area contributed by atoms with Gasteiger partial charge in [0.25, 0.3) is 5.91 Å². The molecule has 1 aromatic carbocycles. The number of nitrogens with one attached hydrogen (secondary N) is 1. The van der Waals surface area contributed by atoms with Gasteiger partial charge in [-0.25, -0.2) is 4.98 Å². The van der Waals surface area contributed by atoms with Crippen molar-refractivity contribution < 1.29 is 9.53 Å². The molecule has 3 heterocycles. The second kappa shape index (κ2) is 6.90. The van der Waals surface area contributed by atoms with Gasteiger partial charge in [0.1, 0.15) is 11.6 Å². The van der Waals surface area contributed by atoms with E-state index in [-0.39, 0.29) is 18.3 Å². The summed E-state index contributed by atoms with van der Waals surface area (Å²) in [5.41, 5.74) is 1.59. The third-order valence-corrected chi connectivity index (χ3v) is 3.93. The summed E-state index contributed by atoms with van der Waals surface area (Å²) in [5.74, 6) is 1.30. The maximum Gasteiger partial charge on any atom is 0.281 e. The largest absolute Gasteiger partial charge is 0.497 e. The number of anilines is 1. The predicted octanol–water partition coefficient (Wildman–Crippen LogP) is 2.03. The fourth-order valence-electron chi connectivity index (χ4n) is 2.76. The molecule has 0 saturated carbocycles. The molecule has 0 unspecified atom stereocenters. The summed E-state index contributed by atoms with van der Waals surface area (Å²) in [4.78, 5) is 25.0. The van der Waals surface area contributed by atoms with Crippen LogP contribution in [-0.4, -0.2) is 34.1 Å². The molecule has 3 aromatic rings. The molecule has 1 aliphatic rings. The lowest BCUT2D eigenvalue weighted by Gasteiger charge is -2.09. The van der Waals surface area contributed by atoms with Gasteiger partial charge in [0.15, 0.2) is 0 Å². The number of ether oxygens (including phenoxy) is 1. The van der Waals surface area contributed by atoms with Crippen molar-refractivity contribution in [2.75, 3.05) is 19.0 Å². The van der Waals surface area contributed by atoms with Gasteiger partial charge in [0.2, 0.25) is 5.62 Å². The van der Waals surface area contributed by atoms with Crippen LogP contribution in [-0.2, 0) is 6.54 Å². The number of rotatable bonds is 2. The fraction of sp³-hybridized carbons (Fsp3) is 0.176. The maximum atomic E-state index is 12.4. The summed E-state index contributed by atoms with van der Waals surface area (Å²) in [5, 5.41) is 4.28. The van der Waals surface area contributed by atoms with Crippen molar-refractivity contribution in [3.8, 4) is 5.75 Å². The first-order chi connectivity index (χ1) is 11.8. The fourth-order valence-corrected chi connectivity index (χ4v) is 2.76. The van der Waals surface area contributed by atoms with Crippen LogP contribution in [0.15, 0.2) is 47.7 Å². The second-order valence-corrected chi connectivity index (χ2v) is 5.38. The van der Waals surface area contributed by atoms with Gasteiger partial charge < -0.3 is 10.1 Å². The van der Waals surface area contributed by atoms with E-state index in [1.54, 1.807) is 25.4 Å². The van der Waals surface area contributed by atoms with E-state index in [0.29, 0.717) is 17.7 Å². The van der Waals surface area contributed by atoms with E-state index in [1.165, 1.54) is 6.20 Å². The highest BCUT2D eigenvalue weighted by molar-refractivity contribution is 5.95. The topological polar surface area (TPSA) is 81.4 Å². The van der Waals surface area contributed by atoms with Crippen molar-refractivity contribution in [2.24, 2.45) is 4.99 Å². The Kier molecular flexibility index (Phi) is 4.67. The Morgan fingerprint density at radius 1 is 1.36 bits per heavy atom. The number of nitrogens with zero attached hydrogens (tertiary/aromatic N) is 4. The summed E-state index contributed by atoms with van der Waals surface area (Å²) < 4.78 is 7.20. The number of methoxy groups -OCH3 is 1. The monoisotopic (exact) mass is 357 g/mol. The van der Waals surface area contributed by atoms with Crippen LogP contribution in [0.2, 0.25) is 0 Å². The molecule has 7 nitrogen and oxygen atoms in total. The lowest BCUT2D eigenvalue weighted by atomic mass is 10.2. The maximum absolute atomic E-state index is 12.4. The van der Waals surface area contributed by atoms with Gasteiger partial charge in [-0.15, -0.1) is 12.4 Å². The van der Waals surface area contributed by atoms with E-state index in [2.05, 4.69) is 20.3 Å². The van der Waals surface area contributed by atoms with Gasteiger partial charge in [-0.1, -0.05) is 0 Å². The van der Waals surface area contributed by atoms with Crippen molar-refractivity contribution in [1.29, 1.82) is 0 Å². The van der Waals surface area contributed by atoms with Crippen LogP contribution < -0.4 is 15.7 Å². The quantitative estimate of drug-likeness (QED) is 0.759. The normalized spacial score (nSPS) is 13.1. The van der Waals surface area contributed by atoms with Crippen LogP contribution in [0.25, 0.3) is 10.9 Å². The van der Waals surface area contributed by atoms with Crippen LogP contribution in [0.3, 0.4) is 0 Å². The molecule has 0 fully saturated rings. The number of halogens is 1. The Morgan fingerprint density at radius 3 is 3.00 bits per heavy atom. The Balaban J connectivity index is 0.00000182. The van der Waals surface area contributed by atoms with Crippen molar-refractivity contribution in [3.63, 3.8) is 0 Å². The van der Waals surface area contributed by atoms with E-state index in [9.17, 15) is 4.79 Å². The van der Waals surface area contributed by atoms with Crippen LogP contribution >= 0.6 is 12.4 Å². The molecule has 0 atom stereocenters. The highest BCUT2D eigenvalue weighted by Gasteiger charge is 2.16. The minimum atomic E-state index is -0.356. The number of hydrogen-bond donors (Lipinski definition) is 1. The number of amides is 1. The Hall–Kier alpha value is -2.93. The SMILES string of the molecule is COc1ccc2nc(=NC(=O)c3cccnc3)n3c(c2c1)NCC3.Cl. The minimum absolute atomic E-state index is 0. The van der Waals surface area contributed by atoms with Crippen LogP contribution in [0.4, 0.5) is 5.82 Å². The molecule has 8 heteroatoms. The van der Waals surface area contributed by atoms with E-state index < -0.39 is 0 Å². The minimum Gasteiger partial charge on any atom is -0.497 e. The molecule has 1 aliphatic heterocycles. The van der Waals surface area contributed by atoms with Gasteiger partial charge >= 0.3 is 0 Å². The molecule has 25 heavy (non-hydrogen) atoms. The van der Waals surface area contributed by atoms with E-state index in [4.69, 9.17) is 4.74 Å². The van der Waals surface area contributed by atoms with Gasteiger partial charge in [-0.05, 0) is 30.3 Å². The Bertz CT molecular complexity index is 1000. The van der Waals surface area contributed by atoms with Gasteiger partial charge in [-0.3, -0.25) is 14.3 Å². The molecule has 1 amide bonds. The zero-order chi connectivity index (χ0) is 16.5. The van der Waals surface area contributed by atoms with Gasteiger partial charge in [0, 0.05) is 30.9 Å². The van der Waals surface area contributed by atoms with Crippen LogP contribution in [0, 0.1) is 0 Å². The first kappa shape index (κ1) is 16.9. The molecule has 1 N–H and O–H groups in total. The smallest absolute Gasteiger partial charge is 0.281 e. The Labute approximate surface area is 149 Å². The molecule has 128 valence electrons. The Morgan fingerprint density at radius 2 is 2.24 bits per heavy atom. The molecule has 0 bridgehead atoms. The summed E-state index contributed by atoms with van der Waals surface area (Å²) in [6.07, 6.45) is 3.12. The summed E-state index contributed by atoms with van der Waals surface area (Å²) in [7, 11) is 1.63. The number of hydrogen-bond acceptors (Lipinski definition) is 5. The van der Waals surface area contributed by atoms with Crippen molar-refractivity contribution in [2.45, 2.75) is 6.54 Å². The summed E-state index contributed by atoms with van der Waals surface area (Å²) in [6.45, 7) is 1.47. The lowest BCUT2D eigenvalue weighted by Crippen LogP contribution is -2.24. The first-order valence-corrected chi connectivity index (χ1v) is 7.58. The number of fused-ring (bicyclic) bond motifs is 3. The van der Waals surface area contributed by atoms with E-state index >= 15 is 0 Å². The van der Waals surface area contributed by atoms with E-state index in [1.807, 2.05) is 22.8 Å². The molecule has 4 rings (SSSR count). The summed E-state index contributed by atoms with van der Waals surface area (Å²) in [6, 6.07) is 9.03. The predicted molar refractivity (Wildman–Crippen MR) is 96.2 cm³/mol. The molecule has 2 aromatic heterocycles. The molecule has 0 aliphatic carbocycles. The highest BCUT2D eigenvalue weighted by Crippen LogP contribution is 2.26. The molecular weight excluding hydrogens is 342 g/mol. The number of benzene rings is 1. The third kappa shape index (κ3) is 3.06. The number of carbonyl (C=O) groups is 1. The zero-order valence-electron chi connectivity index (χ0n) is 13.5. The number of aromatic nitrogens is 3. The third-order valence-electron chi connectivity index (χ3n) is 3.93.